The second-order valence-electron chi connectivity index (χ2n) is 1.45. The molecule has 0 radical (unpaired) electrons. The molecule has 0 aromatic carbocycles. The molecule has 0 bridgehead atoms. The molecule has 1 unspecified atom stereocenters. The Morgan fingerprint density at radius 1 is 1.50 bits per heavy atom. The van der Waals surface area contributed by atoms with Gasteiger partial charge in [0.2, 0.25) is 0 Å². The summed E-state index contributed by atoms with van der Waals surface area (Å²) in [7, 11) is -0.707. The summed E-state index contributed by atoms with van der Waals surface area (Å²) in [6.07, 6.45) is 2.91. The van der Waals surface area contributed by atoms with E-state index in [0.29, 0.717) is 0 Å². The Morgan fingerprint density at radius 2 is 2.12 bits per heavy atom. The van der Waals surface area contributed by atoms with Crippen molar-refractivity contribution in [2.45, 2.75) is 20.3 Å². The van der Waals surface area contributed by atoms with E-state index < -0.39 is 10.8 Å². The number of rotatable bonds is 3. The van der Waals surface area contributed by atoms with Gasteiger partial charge in [0.15, 0.2) is 0 Å². The molecule has 0 fully saturated rings. The molecule has 0 aliphatic carbocycles. The van der Waals surface area contributed by atoms with Crippen molar-refractivity contribution in [2.24, 2.45) is 0 Å². The molecular weight excluding hydrogens is 120 g/mol. The van der Waals surface area contributed by atoms with Crippen molar-refractivity contribution >= 4 is 10.8 Å². The summed E-state index contributed by atoms with van der Waals surface area (Å²) < 4.78 is 10.6. The fourth-order valence-corrected chi connectivity index (χ4v) is 0.899. The standard InChI is InChI=1S/C6H12OS/c1-3-5-6-8(7)4-2/h5-6H,3-4H2,1-2H3. The van der Waals surface area contributed by atoms with Gasteiger partial charge in [0.25, 0.3) is 0 Å². The molecule has 0 amide bonds. The van der Waals surface area contributed by atoms with E-state index in [1.165, 1.54) is 0 Å². The van der Waals surface area contributed by atoms with Crippen LogP contribution in [-0.4, -0.2) is 9.96 Å². The average Bonchev–Trinajstić information content (AvgIpc) is 1.83. The third-order valence-electron chi connectivity index (χ3n) is 0.768. The average molecular weight is 132 g/mol. The van der Waals surface area contributed by atoms with Gasteiger partial charge < -0.3 is 0 Å². The first-order valence-electron chi connectivity index (χ1n) is 2.85. The van der Waals surface area contributed by atoms with Crippen molar-refractivity contribution in [3.8, 4) is 0 Å². The van der Waals surface area contributed by atoms with E-state index in [-0.39, 0.29) is 0 Å². The molecule has 0 heterocycles. The van der Waals surface area contributed by atoms with Crippen molar-refractivity contribution < 1.29 is 4.21 Å². The van der Waals surface area contributed by atoms with Crippen LogP contribution < -0.4 is 0 Å². The van der Waals surface area contributed by atoms with Gasteiger partial charge in [-0.1, -0.05) is 19.9 Å². The normalized spacial score (nSPS) is 14.8. The van der Waals surface area contributed by atoms with Crippen LogP contribution >= 0.6 is 0 Å². The Hall–Kier alpha value is -0.110. The van der Waals surface area contributed by atoms with Crippen molar-refractivity contribution in [3.05, 3.63) is 11.5 Å². The number of hydrogen-bond donors (Lipinski definition) is 0. The lowest BCUT2D eigenvalue weighted by molar-refractivity contribution is 0.689. The molecule has 48 valence electrons. The first kappa shape index (κ1) is 7.89. The third-order valence-corrected chi connectivity index (χ3v) is 1.83. The Morgan fingerprint density at radius 3 is 2.50 bits per heavy atom. The Labute approximate surface area is 53.2 Å². The lowest BCUT2D eigenvalue weighted by atomic mass is 10.5. The van der Waals surface area contributed by atoms with Crippen molar-refractivity contribution in [1.82, 2.24) is 0 Å². The minimum atomic E-state index is -0.707. The van der Waals surface area contributed by atoms with Crippen molar-refractivity contribution in [1.29, 1.82) is 0 Å². The fraction of sp³-hybridized carbons (Fsp3) is 0.667. The van der Waals surface area contributed by atoms with Gasteiger partial charge in [-0.2, -0.15) is 0 Å². The van der Waals surface area contributed by atoms with Gasteiger partial charge in [-0.05, 0) is 11.8 Å². The van der Waals surface area contributed by atoms with Crippen LogP contribution in [0.4, 0.5) is 0 Å². The largest absolute Gasteiger partial charge is 0.255 e. The van der Waals surface area contributed by atoms with E-state index >= 15 is 0 Å². The molecule has 0 aliphatic heterocycles. The van der Waals surface area contributed by atoms with E-state index in [9.17, 15) is 4.21 Å². The molecule has 0 rings (SSSR count). The third kappa shape index (κ3) is 4.06. The Balaban J connectivity index is 3.37. The van der Waals surface area contributed by atoms with Crippen LogP contribution in [0, 0.1) is 0 Å². The maximum atomic E-state index is 10.6. The molecule has 1 nitrogen and oxygen atoms in total. The highest BCUT2D eigenvalue weighted by atomic mass is 32.2. The topological polar surface area (TPSA) is 17.1 Å². The predicted molar refractivity (Wildman–Crippen MR) is 38.1 cm³/mol. The maximum absolute atomic E-state index is 10.6. The molecular formula is C6H12OS. The summed E-state index contributed by atoms with van der Waals surface area (Å²) in [6, 6.07) is 0. The van der Waals surface area contributed by atoms with Gasteiger partial charge in [-0.25, -0.2) is 0 Å². The molecule has 0 spiro atoms. The lowest BCUT2D eigenvalue weighted by Crippen LogP contribution is -1.84. The highest BCUT2D eigenvalue weighted by Crippen LogP contribution is 1.85. The van der Waals surface area contributed by atoms with Gasteiger partial charge in [-0.15, -0.1) is 0 Å². The van der Waals surface area contributed by atoms with Crippen molar-refractivity contribution in [2.75, 3.05) is 5.75 Å². The highest BCUT2D eigenvalue weighted by Gasteiger charge is 1.82. The number of allylic oxidation sites excluding steroid dienone is 1. The zero-order valence-corrected chi connectivity index (χ0v) is 6.20. The van der Waals surface area contributed by atoms with E-state index in [0.717, 1.165) is 12.2 Å². The Kier molecular flexibility index (Phi) is 4.97. The molecule has 2 heteroatoms. The molecule has 0 saturated heterocycles. The van der Waals surface area contributed by atoms with Gasteiger partial charge >= 0.3 is 0 Å². The minimum absolute atomic E-state index is 0.707. The van der Waals surface area contributed by atoms with Gasteiger partial charge in [0.1, 0.15) is 0 Å². The quantitative estimate of drug-likeness (QED) is 0.571. The van der Waals surface area contributed by atoms with Crippen LogP contribution in [0.3, 0.4) is 0 Å². The van der Waals surface area contributed by atoms with Crippen LogP contribution in [0.2, 0.25) is 0 Å². The SMILES string of the molecule is CCC=CS(=O)CC. The van der Waals surface area contributed by atoms with Crippen molar-refractivity contribution in [3.63, 3.8) is 0 Å². The maximum Gasteiger partial charge on any atom is 0.0449 e. The lowest BCUT2D eigenvalue weighted by Gasteiger charge is -1.83. The van der Waals surface area contributed by atoms with Crippen LogP contribution in [0.5, 0.6) is 0 Å². The van der Waals surface area contributed by atoms with Crippen LogP contribution in [0.1, 0.15) is 20.3 Å². The van der Waals surface area contributed by atoms with Gasteiger partial charge in [0, 0.05) is 16.6 Å². The van der Waals surface area contributed by atoms with E-state index in [2.05, 4.69) is 0 Å². The molecule has 0 aliphatic rings. The summed E-state index contributed by atoms with van der Waals surface area (Å²) in [5.41, 5.74) is 0. The predicted octanol–water partition coefficient (Wildman–Crippen LogP) is 1.68. The van der Waals surface area contributed by atoms with Gasteiger partial charge in [-0.3, -0.25) is 4.21 Å². The molecule has 0 aromatic rings. The summed E-state index contributed by atoms with van der Waals surface area (Å²) in [5.74, 6) is 0.733. The fourth-order valence-electron chi connectivity index (χ4n) is 0.300. The smallest absolute Gasteiger partial charge is 0.0449 e. The van der Waals surface area contributed by atoms with E-state index in [4.69, 9.17) is 0 Å². The summed E-state index contributed by atoms with van der Waals surface area (Å²) >= 11 is 0. The molecule has 0 aromatic heterocycles. The van der Waals surface area contributed by atoms with Crippen LogP contribution in [0.15, 0.2) is 11.5 Å². The molecule has 8 heavy (non-hydrogen) atoms. The van der Waals surface area contributed by atoms with Crippen LogP contribution in [-0.2, 0) is 10.8 Å². The molecule has 0 N–H and O–H groups in total. The first-order chi connectivity index (χ1) is 3.81. The highest BCUT2D eigenvalue weighted by molar-refractivity contribution is 7.87. The zero-order chi connectivity index (χ0) is 6.41. The molecule has 0 saturated carbocycles. The van der Waals surface area contributed by atoms with Gasteiger partial charge in [0.05, 0.1) is 0 Å². The first-order valence-corrected chi connectivity index (χ1v) is 4.23. The van der Waals surface area contributed by atoms with E-state index in [1.54, 1.807) is 5.41 Å². The summed E-state index contributed by atoms with van der Waals surface area (Å²) in [6.45, 7) is 3.94. The molecule has 1 atom stereocenters. The van der Waals surface area contributed by atoms with Crippen LogP contribution in [0.25, 0.3) is 0 Å². The Bertz CT molecular complexity index is 96.7. The zero-order valence-electron chi connectivity index (χ0n) is 5.39. The summed E-state index contributed by atoms with van der Waals surface area (Å²) in [5, 5.41) is 1.75. The summed E-state index contributed by atoms with van der Waals surface area (Å²) in [4.78, 5) is 0. The monoisotopic (exact) mass is 132 g/mol. The second-order valence-corrected chi connectivity index (χ2v) is 3.06. The second kappa shape index (κ2) is 5.04. The minimum Gasteiger partial charge on any atom is -0.255 e. The van der Waals surface area contributed by atoms with E-state index in [1.807, 2.05) is 19.9 Å². The number of hydrogen-bond acceptors (Lipinski definition) is 1.